The van der Waals surface area contributed by atoms with Crippen molar-refractivity contribution in [1.82, 2.24) is 14.6 Å². The number of benzene rings is 1. The molecule has 3 aromatic rings. The Hall–Kier alpha value is -2.56. The van der Waals surface area contributed by atoms with E-state index in [4.69, 9.17) is 0 Å². The Morgan fingerprint density at radius 2 is 2.00 bits per heavy atom. The van der Waals surface area contributed by atoms with Gasteiger partial charge in [-0.25, -0.2) is 13.9 Å². The molecule has 0 spiro atoms. The van der Waals surface area contributed by atoms with Crippen LogP contribution >= 0.6 is 0 Å². The van der Waals surface area contributed by atoms with E-state index in [1.807, 2.05) is 0 Å². The number of aromatic nitrogens is 3. The molecule has 1 aromatic carbocycles. The molecule has 5 heteroatoms. The van der Waals surface area contributed by atoms with E-state index in [-0.39, 0.29) is 5.82 Å². The summed E-state index contributed by atoms with van der Waals surface area (Å²) in [6.45, 7) is 0. The highest BCUT2D eigenvalue weighted by atomic mass is 19.1. The van der Waals surface area contributed by atoms with Crippen LogP contribution in [0.5, 0.6) is 0 Å². The van der Waals surface area contributed by atoms with Crippen LogP contribution in [0.25, 0.3) is 16.9 Å². The molecule has 0 radical (unpaired) electrons. The van der Waals surface area contributed by atoms with E-state index >= 15 is 0 Å². The van der Waals surface area contributed by atoms with Gasteiger partial charge in [0.2, 0.25) is 0 Å². The molecule has 4 nitrogen and oxygen atoms in total. The van der Waals surface area contributed by atoms with Crippen molar-refractivity contribution in [2.24, 2.45) is 0 Å². The fourth-order valence-corrected chi connectivity index (χ4v) is 1.83. The predicted molar refractivity (Wildman–Crippen MR) is 63.8 cm³/mol. The number of carbonyl (C=O) groups is 1. The summed E-state index contributed by atoms with van der Waals surface area (Å²) >= 11 is 0. The molecule has 0 amide bonds. The minimum atomic E-state index is -0.326. The second-order valence-electron chi connectivity index (χ2n) is 3.77. The summed E-state index contributed by atoms with van der Waals surface area (Å²) in [4.78, 5) is 15.3. The van der Waals surface area contributed by atoms with Crippen LogP contribution in [-0.2, 0) is 0 Å². The number of hydrogen-bond acceptors (Lipinski definition) is 3. The Labute approximate surface area is 102 Å². The molecule has 2 heterocycles. The van der Waals surface area contributed by atoms with Gasteiger partial charge in [0.25, 0.3) is 0 Å². The van der Waals surface area contributed by atoms with Crippen LogP contribution in [0.4, 0.5) is 4.39 Å². The number of hydrogen-bond donors (Lipinski definition) is 0. The summed E-state index contributed by atoms with van der Waals surface area (Å²) in [5.41, 5.74) is 2.08. The molecule has 0 fully saturated rings. The first-order valence-electron chi connectivity index (χ1n) is 5.34. The van der Waals surface area contributed by atoms with Crippen LogP contribution < -0.4 is 0 Å². The van der Waals surface area contributed by atoms with Crippen LogP contribution in [0.1, 0.15) is 10.4 Å². The Balaban J connectivity index is 2.28. The minimum absolute atomic E-state index is 0.326. The smallest absolute Gasteiger partial charge is 0.166 e. The first kappa shape index (κ1) is 10.6. The van der Waals surface area contributed by atoms with E-state index in [2.05, 4.69) is 10.1 Å². The predicted octanol–water partition coefficient (Wildman–Crippen LogP) is 2.35. The molecule has 3 rings (SSSR count). The van der Waals surface area contributed by atoms with E-state index in [1.54, 1.807) is 30.6 Å². The zero-order valence-electron chi connectivity index (χ0n) is 9.25. The topological polar surface area (TPSA) is 47.3 Å². The van der Waals surface area contributed by atoms with Gasteiger partial charge in [-0.15, -0.1) is 0 Å². The molecule has 2 aromatic heterocycles. The summed E-state index contributed by atoms with van der Waals surface area (Å²) in [6, 6.07) is 7.57. The lowest BCUT2D eigenvalue weighted by Gasteiger charge is -1.96. The molecule has 0 saturated carbocycles. The Morgan fingerprint density at radius 3 is 2.72 bits per heavy atom. The van der Waals surface area contributed by atoms with Gasteiger partial charge in [-0.3, -0.25) is 4.79 Å². The highest BCUT2D eigenvalue weighted by Crippen LogP contribution is 2.23. The third-order valence-corrected chi connectivity index (χ3v) is 2.67. The minimum Gasteiger partial charge on any atom is -0.298 e. The van der Waals surface area contributed by atoms with Gasteiger partial charge in [0.05, 0.1) is 5.56 Å². The summed E-state index contributed by atoms with van der Waals surface area (Å²) in [6.07, 6.45) is 4.02. The van der Waals surface area contributed by atoms with Gasteiger partial charge in [-0.1, -0.05) is 0 Å². The van der Waals surface area contributed by atoms with Gasteiger partial charge in [-0.05, 0) is 30.3 Å². The highest BCUT2D eigenvalue weighted by molar-refractivity contribution is 5.93. The molecule has 0 atom stereocenters. The number of rotatable bonds is 2. The quantitative estimate of drug-likeness (QED) is 0.647. The van der Waals surface area contributed by atoms with Crippen LogP contribution in [0.15, 0.2) is 42.7 Å². The summed E-state index contributed by atoms with van der Waals surface area (Å²) in [7, 11) is 0. The largest absolute Gasteiger partial charge is 0.298 e. The normalized spacial score (nSPS) is 10.7. The van der Waals surface area contributed by atoms with E-state index in [0.29, 0.717) is 28.8 Å². The molecule has 88 valence electrons. The van der Waals surface area contributed by atoms with Crippen LogP contribution in [0.2, 0.25) is 0 Å². The number of halogens is 1. The Morgan fingerprint density at radius 1 is 1.22 bits per heavy atom. The van der Waals surface area contributed by atoms with E-state index in [1.165, 1.54) is 16.6 Å². The fraction of sp³-hybridized carbons (Fsp3) is 0. The van der Waals surface area contributed by atoms with Crippen molar-refractivity contribution in [1.29, 1.82) is 0 Å². The molecule has 0 unspecified atom stereocenters. The number of carbonyl (C=O) groups excluding carboxylic acids is 1. The molecule has 18 heavy (non-hydrogen) atoms. The van der Waals surface area contributed by atoms with Gasteiger partial charge < -0.3 is 0 Å². The third kappa shape index (κ3) is 1.57. The SMILES string of the molecule is O=Cc1c(-c2ccc(F)cc2)nn2cccnc12. The van der Waals surface area contributed by atoms with Crippen molar-refractivity contribution in [3.8, 4) is 11.3 Å². The van der Waals surface area contributed by atoms with Crippen molar-refractivity contribution < 1.29 is 9.18 Å². The van der Waals surface area contributed by atoms with Crippen molar-refractivity contribution in [3.05, 3.63) is 54.1 Å². The third-order valence-electron chi connectivity index (χ3n) is 2.67. The molecule has 0 aliphatic carbocycles. The summed E-state index contributed by atoms with van der Waals surface area (Å²) in [5, 5.41) is 4.28. The average Bonchev–Trinajstić information content (AvgIpc) is 2.78. The average molecular weight is 241 g/mol. The van der Waals surface area contributed by atoms with Crippen molar-refractivity contribution in [3.63, 3.8) is 0 Å². The second-order valence-corrected chi connectivity index (χ2v) is 3.77. The first-order valence-corrected chi connectivity index (χ1v) is 5.34. The molecule has 0 saturated heterocycles. The summed E-state index contributed by atoms with van der Waals surface area (Å²) < 4.78 is 14.4. The molecular formula is C13H8FN3O. The van der Waals surface area contributed by atoms with Crippen molar-refractivity contribution >= 4 is 11.9 Å². The maximum absolute atomic E-state index is 12.9. The maximum Gasteiger partial charge on any atom is 0.166 e. The lowest BCUT2D eigenvalue weighted by molar-refractivity contribution is 0.112. The molecule has 0 aliphatic rings. The number of aldehydes is 1. The molecule has 0 bridgehead atoms. The van der Waals surface area contributed by atoms with Gasteiger partial charge >= 0.3 is 0 Å². The molecule has 0 N–H and O–H groups in total. The Bertz CT molecular complexity index is 719. The van der Waals surface area contributed by atoms with Crippen molar-refractivity contribution in [2.45, 2.75) is 0 Å². The van der Waals surface area contributed by atoms with E-state index < -0.39 is 0 Å². The highest BCUT2D eigenvalue weighted by Gasteiger charge is 2.14. The fourth-order valence-electron chi connectivity index (χ4n) is 1.83. The van der Waals surface area contributed by atoms with Gasteiger partial charge in [0.1, 0.15) is 11.5 Å². The monoisotopic (exact) mass is 241 g/mol. The second kappa shape index (κ2) is 4.03. The van der Waals surface area contributed by atoms with E-state index in [9.17, 15) is 9.18 Å². The van der Waals surface area contributed by atoms with Crippen LogP contribution in [0, 0.1) is 5.82 Å². The molecule has 0 aliphatic heterocycles. The first-order chi connectivity index (χ1) is 8.79. The van der Waals surface area contributed by atoms with Gasteiger partial charge in [-0.2, -0.15) is 5.10 Å². The number of nitrogens with zero attached hydrogens (tertiary/aromatic N) is 3. The Kier molecular flexibility index (Phi) is 2.37. The molecular weight excluding hydrogens is 233 g/mol. The van der Waals surface area contributed by atoms with Crippen LogP contribution in [0.3, 0.4) is 0 Å². The van der Waals surface area contributed by atoms with Gasteiger partial charge in [0, 0.05) is 18.0 Å². The van der Waals surface area contributed by atoms with Crippen molar-refractivity contribution in [2.75, 3.05) is 0 Å². The zero-order chi connectivity index (χ0) is 12.5. The van der Waals surface area contributed by atoms with E-state index in [0.717, 1.165) is 0 Å². The zero-order valence-corrected chi connectivity index (χ0v) is 9.25. The standard InChI is InChI=1S/C13H8FN3O/c14-10-4-2-9(3-5-10)12-11(8-18)13-15-6-1-7-17(13)16-12/h1-8H. The maximum atomic E-state index is 12.9. The van der Waals surface area contributed by atoms with Gasteiger partial charge in [0.15, 0.2) is 11.9 Å². The van der Waals surface area contributed by atoms with Crippen LogP contribution in [-0.4, -0.2) is 20.9 Å². The number of fused-ring (bicyclic) bond motifs is 1. The summed E-state index contributed by atoms with van der Waals surface area (Å²) in [5.74, 6) is -0.326. The lowest BCUT2D eigenvalue weighted by Crippen LogP contribution is -1.88. The lowest BCUT2D eigenvalue weighted by atomic mass is 10.1.